The number of fused-ring (bicyclic) bond motifs is 1. The summed E-state index contributed by atoms with van der Waals surface area (Å²) in [5.74, 6) is 0.839. The van der Waals surface area contributed by atoms with Gasteiger partial charge in [0.25, 0.3) is 0 Å². The summed E-state index contributed by atoms with van der Waals surface area (Å²) in [7, 11) is 0. The zero-order chi connectivity index (χ0) is 17.5. The van der Waals surface area contributed by atoms with Crippen molar-refractivity contribution in [3.63, 3.8) is 0 Å². The molecule has 2 N–H and O–H groups in total. The first-order valence-corrected chi connectivity index (χ1v) is 10.8. The normalized spacial score (nSPS) is 21.4. The highest BCUT2D eigenvalue weighted by Gasteiger charge is 2.16. The van der Waals surface area contributed by atoms with Crippen molar-refractivity contribution in [1.29, 1.82) is 0 Å². The lowest BCUT2D eigenvalue weighted by Crippen LogP contribution is -2.35. The summed E-state index contributed by atoms with van der Waals surface area (Å²) in [5.41, 5.74) is 1.20. The molecule has 2 amide bonds. The predicted octanol–water partition coefficient (Wildman–Crippen LogP) is 4.05. The fraction of sp³-hybridized carbons (Fsp3) is 0.789. The Morgan fingerprint density at radius 2 is 2.12 bits per heavy atom. The van der Waals surface area contributed by atoms with Gasteiger partial charge in [-0.3, -0.25) is 5.32 Å². The van der Waals surface area contributed by atoms with Gasteiger partial charge in [-0.1, -0.05) is 13.3 Å². The van der Waals surface area contributed by atoms with Gasteiger partial charge in [-0.15, -0.1) is 11.3 Å². The molecule has 6 heteroatoms. The topological polar surface area (TPSA) is 57.3 Å². The molecule has 140 valence electrons. The Morgan fingerprint density at radius 1 is 1.24 bits per heavy atom. The van der Waals surface area contributed by atoms with Crippen LogP contribution < -0.4 is 10.6 Å². The van der Waals surface area contributed by atoms with Crippen LogP contribution in [0.5, 0.6) is 0 Å². The molecule has 1 aliphatic heterocycles. The lowest BCUT2D eigenvalue weighted by Gasteiger charge is -2.30. The number of anilines is 1. The monoisotopic (exact) mass is 364 g/mol. The minimum absolute atomic E-state index is 0.115. The third-order valence-electron chi connectivity index (χ3n) is 5.24. The summed E-state index contributed by atoms with van der Waals surface area (Å²) in [4.78, 5) is 20.6. The van der Waals surface area contributed by atoms with Crippen molar-refractivity contribution in [2.75, 3.05) is 31.5 Å². The molecule has 0 bridgehead atoms. The summed E-state index contributed by atoms with van der Waals surface area (Å²) in [6.45, 7) is 6.72. The average molecular weight is 365 g/mol. The third-order valence-corrected chi connectivity index (χ3v) is 6.32. The number of aryl methyl sites for hydroxylation is 2. The fourth-order valence-corrected chi connectivity index (χ4v) is 4.92. The van der Waals surface area contributed by atoms with Crippen LogP contribution in [0.1, 0.15) is 62.4 Å². The van der Waals surface area contributed by atoms with E-state index in [0.717, 1.165) is 49.8 Å². The maximum atomic E-state index is 12.0. The molecule has 3 rings (SSSR count). The summed E-state index contributed by atoms with van der Waals surface area (Å²) in [5, 5.41) is 6.64. The molecule has 1 aromatic rings. The molecule has 1 aromatic heterocycles. The molecular weight excluding hydrogens is 332 g/mol. The Morgan fingerprint density at radius 3 is 3.00 bits per heavy atom. The zero-order valence-electron chi connectivity index (χ0n) is 15.5. The highest BCUT2D eigenvalue weighted by molar-refractivity contribution is 7.15. The number of unbranched alkanes of at least 4 members (excludes halogenated alkanes) is 1. The molecule has 0 aromatic carbocycles. The molecular formula is C19H32N4OS. The summed E-state index contributed by atoms with van der Waals surface area (Å²) < 4.78 is 0. The molecule has 0 saturated carbocycles. The Bertz CT molecular complexity index is 536. The Balaban J connectivity index is 1.30. The van der Waals surface area contributed by atoms with Gasteiger partial charge in [-0.2, -0.15) is 0 Å². The van der Waals surface area contributed by atoms with Crippen LogP contribution in [0.3, 0.4) is 0 Å². The van der Waals surface area contributed by atoms with Crippen molar-refractivity contribution in [3.8, 4) is 0 Å². The van der Waals surface area contributed by atoms with Gasteiger partial charge in [0, 0.05) is 18.0 Å². The number of piperidine rings is 1. The SMILES string of the molecule is CC1CCCN(CCCCNC(=O)Nc2nc3c(s2)CCCCC3)C1. The van der Waals surface area contributed by atoms with E-state index < -0.39 is 0 Å². The molecule has 1 unspecified atom stereocenters. The standard InChI is InChI=1S/C19H32N4OS/c1-15-8-7-13-23(14-15)12-6-5-11-20-18(24)22-19-21-16-9-3-2-4-10-17(16)25-19/h15H,2-14H2,1H3,(H2,20,21,22,24). The number of amides is 2. The number of nitrogens with zero attached hydrogens (tertiary/aromatic N) is 2. The number of hydrogen-bond donors (Lipinski definition) is 2. The molecule has 0 radical (unpaired) electrons. The molecule has 1 saturated heterocycles. The second kappa shape index (κ2) is 9.53. The summed E-state index contributed by atoms with van der Waals surface area (Å²) in [6.07, 6.45) is 10.8. The van der Waals surface area contributed by atoms with Crippen LogP contribution in [0.15, 0.2) is 0 Å². The van der Waals surface area contributed by atoms with Crippen LogP contribution in [0.25, 0.3) is 0 Å². The van der Waals surface area contributed by atoms with Crippen molar-refractivity contribution in [2.45, 2.75) is 64.7 Å². The number of carbonyl (C=O) groups is 1. The second-order valence-electron chi connectivity index (χ2n) is 7.59. The van der Waals surface area contributed by atoms with Crippen molar-refractivity contribution >= 4 is 22.5 Å². The van der Waals surface area contributed by atoms with E-state index in [2.05, 4.69) is 27.4 Å². The molecule has 0 spiro atoms. The Hall–Kier alpha value is -1.14. The van der Waals surface area contributed by atoms with Gasteiger partial charge in [0.1, 0.15) is 0 Å². The van der Waals surface area contributed by atoms with Gasteiger partial charge < -0.3 is 10.2 Å². The number of hydrogen-bond acceptors (Lipinski definition) is 4. The third kappa shape index (κ3) is 5.96. The molecule has 2 aliphatic rings. The van der Waals surface area contributed by atoms with Gasteiger partial charge >= 0.3 is 6.03 Å². The molecule has 2 heterocycles. The van der Waals surface area contributed by atoms with Crippen molar-refractivity contribution in [3.05, 3.63) is 10.6 Å². The lowest BCUT2D eigenvalue weighted by atomic mass is 10.0. The highest BCUT2D eigenvalue weighted by Crippen LogP contribution is 2.28. The number of aromatic nitrogens is 1. The zero-order valence-corrected chi connectivity index (χ0v) is 16.3. The molecule has 1 fully saturated rings. The van der Waals surface area contributed by atoms with Crippen molar-refractivity contribution < 1.29 is 4.79 Å². The van der Waals surface area contributed by atoms with E-state index >= 15 is 0 Å². The largest absolute Gasteiger partial charge is 0.338 e. The van der Waals surface area contributed by atoms with Crippen molar-refractivity contribution in [2.24, 2.45) is 5.92 Å². The number of carbonyl (C=O) groups excluding carboxylic acids is 1. The van der Waals surface area contributed by atoms with Gasteiger partial charge in [0.2, 0.25) is 0 Å². The molecule has 5 nitrogen and oxygen atoms in total. The average Bonchev–Trinajstić information content (AvgIpc) is 2.83. The van der Waals surface area contributed by atoms with Crippen LogP contribution >= 0.6 is 11.3 Å². The van der Waals surface area contributed by atoms with E-state index in [-0.39, 0.29) is 6.03 Å². The van der Waals surface area contributed by atoms with Gasteiger partial charge in [-0.25, -0.2) is 9.78 Å². The Labute approximate surface area is 155 Å². The first kappa shape index (κ1) is 18.6. The smallest absolute Gasteiger partial charge is 0.321 e. The van der Waals surface area contributed by atoms with Crippen LogP contribution in [-0.2, 0) is 12.8 Å². The summed E-state index contributed by atoms with van der Waals surface area (Å²) in [6, 6.07) is -0.115. The predicted molar refractivity (Wildman–Crippen MR) is 104 cm³/mol. The number of nitrogens with one attached hydrogen (secondary N) is 2. The summed E-state index contributed by atoms with van der Waals surface area (Å²) >= 11 is 1.65. The lowest BCUT2D eigenvalue weighted by molar-refractivity contribution is 0.181. The van der Waals surface area contributed by atoms with Crippen LogP contribution in [-0.4, -0.2) is 42.1 Å². The van der Waals surface area contributed by atoms with E-state index in [9.17, 15) is 4.79 Å². The van der Waals surface area contributed by atoms with Gasteiger partial charge in [0.15, 0.2) is 5.13 Å². The van der Waals surface area contributed by atoms with E-state index in [4.69, 9.17) is 0 Å². The number of thiazole rings is 1. The molecule has 25 heavy (non-hydrogen) atoms. The van der Waals surface area contributed by atoms with E-state index in [1.165, 1.54) is 55.8 Å². The number of urea groups is 1. The minimum atomic E-state index is -0.115. The van der Waals surface area contributed by atoms with Gasteiger partial charge in [0.05, 0.1) is 5.69 Å². The van der Waals surface area contributed by atoms with Gasteiger partial charge in [-0.05, 0) is 70.4 Å². The Kier molecular flexibility index (Phi) is 7.11. The highest BCUT2D eigenvalue weighted by atomic mass is 32.1. The van der Waals surface area contributed by atoms with E-state index in [1.54, 1.807) is 11.3 Å². The molecule has 1 atom stereocenters. The van der Waals surface area contributed by atoms with Crippen molar-refractivity contribution in [1.82, 2.24) is 15.2 Å². The maximum Gasteiger partial charge on any atom is 0.321 e. The maximum absolute atomic E-state index is 12.0. The van der Waals surface area contributed by atoms with Crippen LogP contribution in [0, 0.1) is 5.92 Å². The molecule has 1 aliphatic carbocycles. The second-order valence-corrected chi connectivity index (χ2v) is 8.67. The first-order valence-electron chi connectivity index (χ1n) is 9.96. The first-order chi connectivity index (χ1) is 12.2. The van der Waals surface area contributed by atoms with Crippen LogP contribution in [0.4, 0.5) is 9.93 Å². The quantitative estimate of drug-likeness (QED) is 0.591. The van der Waals surface area contributed by atoms with Crippen LogP contribution in [0.2, 0.25) is 0 Å². The number of rotatable bonds is 6. The van der Waals surface area contributed by atoms with E-state index in [0.29, 0.717) is 0 Å². The number of likely N-dealkylation sites (tertiary alicyclic amines) is 1. The fourth-order valence-electron chi connectivity index (χ4n) is 3.88. The minimum Gasteiger partial charge on any atom is -0.338 e. The van der Waals surface area contributed by atoms with E-state index in [1.807, 2.05) is 0 Å².